The first-order chi connectivity index (χ1) is 10.1. The number of rotatable bonds is 6. The predicted octanol–water partition coefficient (Wildman–Crippen LogP) is 2.11. The van der Waals surface area contributed by atoms with Gasteiger partial charge < -0.3 is 24.7 Å². The smallest absolute Gasteiger partial charge is 0.406 e. The van der Waals surface area contributed by atoms with Gasteiger partial charge in [-0.1, -0.05) is 12.1 Å². The lowest BCUT2D eigenvalue weighted by atomic mass is 10.1. The summed E-state index contributed by atoms with van der Waals surface area (Å²) >= 11 is 0. The summed E-state index contributed by atoms with van der Waals surface area (Å²) in [7, 11) is 1.53. The zero-order valence-electron chi connectivity index (χ0n) is 11.3. The number of aliphatic hydroxyl groups is 1. The van der Waals surface area contributed by atoms with Gasteiger partial charge in [-0.05, 0) is 39.7 Å². The lowest BCUT2D eigenvalue weighted by Crippen LogP contribution is -2.11. The number of nitro groups is 1. The van der Waals surface area contributed by atoms with Crippen LogP contribution in [0.1, 0.15) is 11.7 Å². The van der Waals surface area contributed by atoms with Crippen LogP contribution >= 0.6 is 0 Å². The molecule has 1 unspecified atom stereocenters. The fourth-order valence-electron chi connectivity index (χ4n) is 1.75. The summed E-state index contributed by atoms with van der Waals surface area (Å²) in [5.41, 5.74) is 0.598. The molecule has 7 heteroatoms. The molecule has 0 fully saturated rings. The Bertz CT molecular complexity index is 632. The Balaban J connectivity index is 2.07. The van der Waals surface area contributed by atoms with Crippen LogP contribution in [-0.2, 0) is 0 Å². The van der Waals surface area contributed by atoms with E-state index in [4.69, 9.17) is 9.47 Å². The van der Waals surface area contributed by atoms with Gasteiger partial charge >= 0.3 is 5.82 Å². The molecule has 0 spiro atoms. The van der Waals surface area contributed by atoms with E-state index in [2.05, 4.69) is 4.98 Å². The molecular weight excluding hydrogens is 276 g/mol. The highest BCUT2D eigenvalue weighted by molar-refractivity contribution is 5.38. The van der Waals surface area contributed by atoms with Gasteiger partial charge in [0.2, 0.25) is 5.75 Å². The molecule has 0 bridgehead atoms. The first-order valence-electron chi connectivity index (χ1n) is 6.16. The molecule has 2 aromatic rings. The second-order valence-corrected chi connectivity index (χ2v) is 4.19. The van der Waals surface area contributed by atoms with Crippen molar-refractivity contribution in [1.29, 1.82) is 0 Å². The van der Waals surface area contributed by atoms with Crippen LogP contribution in [0.25, 0.3) is 0 Å². The maximum absolute atomic E-state index is 10.8. The van der Waals surface area contributed by atoms with E-state index in [0.29, 0.717) is 11.3 Å². The fourth-order valence-corrected chi connectivity index (χ4v) is 1.75. The molecule has 7 nitrogen and oxygen atoms in total. The number of ether oxygens (including phenoxy) is 2. The van der Waals surface area contributed by atoms with Crippen molar-refractivity contribution in [2.75, 3.05) is 13.7 Å². The molecular formula is C14H14N2O5. The highest BCUT2D eigenvalue weighted by Gasteiger charge is 2.17. The van der Waals surface area contributed by atoms with Crippen molar-refractivity contribution >= 4 is 5.82 Å². The standard InChI is InChI=1S/C14H14N2O5/c1-20-11-5-2-4-10(8-11)12(17)9-21-13-6-3-7-15-14(13)16(18)19/h2-8,12,17H,9H2,1H3. The van der Waals surface area contributed by atoms with Gasteiger partial charge in [-0.25, -0.2) is 0 Å². The molecule has 0 saturated carbocycles. The molecule has 1 N–H and O–H groups in total. The van der Waals surface area contributed by atoms with Gasteiger partial charge in [0.15, 0.2) is 0 Å². The summed E-state index contributed by atoms with van der Waals surface area (Å²) in [5, 5.41) is 20.9. The molecule has 1 aromatic carbocycles. The molecule has 2 rings (SSSR count). The molecule has 0 saturated heterocycles. The van der Waals surface area contributed by atoms with Crippen LogP contribution in [0.5, 0.6) is 11.5 Å². The Kier molecular flexibility index (Phi) is 4.68. The van der Waals surface area contributed by atoms with E-state index in [0.717, 1.165) is 0 Å². The van der Waals surface area contributed by atoms with Crippen LogP contribution in [0.4, 0.5) is 5.82 Å². The van der Waals surface area contributed by atoms with Crippen molar-refractivity contribution in [2.24, 2.45) is 0 Å². The molecule has 1 aromatic heterocycles. The van der Waals surface area contributed by atoms with E-state index < -0.39 is 11.0 Å². The van der Waals surface area contributed by atoms with E-state index in [1.165, 1.54) is 25.4 Å². The van der Waals surface area contributed by atoms with Gasteiger partial charge in [0.25, 0.3) is 0 Å². The van der Waals surface area contributed by atoms with Crippen molar-refractivity contribution in [1.82, 2.24) is 4.98 Å². The minimum Gasteiger partial charge on any atom is -0.497 e. The minimum atomic E-state index is -0.931. The average Bonchev–Trinajstić information content (AvgIpc) is 2.52. The Labute approximate surface area is 120 Å². The largest absolute Gasteiger partial charge is 0.497 e. The van der Waals surface area contributed by atoms with Crippen molar-refractivity contribution < 1.29 is 19.5 Å². The number of aliphatic hydroxyl groups excluding tert-OH is 1. The lowest BCUT2D eigenvalue weighted by molar-refractivity contribution is -0.390. The summed E-state index contributed by atoms with van der Waals surface area (Å²) < 4.78 is 10.4. The van der Waals surface area contributed by atoms with Gasteiger partial charge in [0.05, 0.1) is 7.11 Å². The molecule has 0 amide bonds. The van der Waals surface area contributed by atoms with Crippen LogP contribution in [0.3, 0.4) is 0 Å². The maximum Gasteiger partial charge on any atom is 0.406 e. The fraction of sp³-hybridized carbons (Fsp3) is 0.214. The van der Waals surface area contributed by atoms with Gasteiger partial charge in [0.1, 0.15) is 24.7 Å². The predicted molar refractivity (Wildman–Crippen MR) is 74.3 cm³/mol. The molecule has 0 aliphatic carbocycles. The quantitative estimate of drug-likeness (QED) is 0.646. The average molecular weight is 290 g/mol. The van der Waals surface area contributed by atoms with Crippen molar-refractivity contribution in [2.45, 2.75) is 6.10 Å². The summed E-state index contributed by atoms with van der Waals surface area (Å²) in [6.07, 6.45) is 0.378. The Hall–Kier alpha value is -2.67. The Morgan fingerprint density at radius 1 is 1.38 bits per heavy atom. The lowest BCUT2D eigenvalue weighted by Gasteiger charge is -2.13. The topological polar surface area (TPSA) is 94.7 Å². The van der Waals surface area contributed by atoms with E-state index in [-0.39, 0.29) is 18.2 Å². The van der Waals surface area contributed by atoms with Gasteiger partial charge in [-0.15, -0.1) is 0 Å². The van der Waals surface area contributed by atoms with E-state index in [1.54, 1.807) is 24.3 Å². The monoisotopic (exact) mass is 290 g/mol. The number of methoxy groups -OCH3 is 1. The number of pyridine rings is 1. The molecule has 0 aliphatic heterocycles. The third-order valence-corrected chi connectivity index (χ3v) is 2.80. The molecule has 21 heavy (non-hydrogen) atoms. The zero-order chi connectivity index (χ0) is 15.2. The first kappa shape index (κ1) is 14.7. The molecule has 1 atom stereocenters. The second-order valence-electron chi connectivity index (χ2n) is 4.19. The highest BCUT2D eigenvalue weighted by atomic mass is 16.6. The van der Waals surface area contributed by atoms with Crippen molar-refractivity contribution in [3.8, 4) is 11.5 Å². The highest BCUT2D eigenvalue weighted by Crippen LogP contribution is 2.25. The second kappa shape index (κ2) is 6.67. The summed E-state index contributed by atoms with van der Waals surface area (Å²) in [5.74, 6) is 0.249. The van der Waals surface area contributed by atoms with E-state index >= 15 is 0 Å². The van der Waals surface area contributed by atoms with Crippen molar-refractivity contribution in [3.63, 3.8) is 0 Å². The van der Waals surface area contributed by atoms with Gasteiger partial charge in [-0.2, -0.15) is 0 Å². The van der Waals surface area contributed by atoms with Crippen LogP contribution < -0.4 is 9.47 Å². The summed E-state index contributed by atoms with van der Waals surface area (Å²) in [6, 6.07) is 9.84. The third-order valence-electron chi connectivity index (χ3n) is 2.80. The summed E-state index contributed by atoms with van der Waals surface area (Å²) in [6.45, 7) is -0.125. The number of nitrogens with zero attached hydrogens (tertiary/aromatic N) is 2. The van der Waals surface area contributed by atoms with Crippen LogP contribution in [0, 0.1) is 10.1 Å². The van der Waals surface area contributed by atoms with Gasteiger partial charge in [-0.3, -0.25) is 0 Å². The maximum atomic E-state index is 10.8. The van der Waals surface area contributed by atoms with Gasteiger partial charge in [0, 0.05) is 0 Å². The van der Waals surface area contributed by atoms with Crippen LogP contribution in [-0.4, -0.2) is 28.7 Å². The van der Waals surface area contributed by atoms with Crippen LogP contribution in [0.15, 0.2) is 42.6 Å². The van der Waals surface area contributed by atoms with E-state index in [9.17, 15) is 15.2 Å². The van der Waals surface area contributed by atoms with E-state index in [1.807, 2.05) is 0 Å². The first-order valence-corrected chi connectivity index (χ1v) is 6.16. The SMILES string of the molecule is COc1cccc(C(O)COc2cccnc2[N+](=O)[O-])c1. The minimum absolute atomic E-state index is 0.0180. The Morgan fingerprint density at radius 2 is 2.19 bits per heavy atom. The van der Waals surface area contributed by atoms with Crippen LogP contribution in [0.2, 0.25) is 0 Å². The Morgan fingerprint density at radius 3 is 2.90 bits per heavy atom. The zero-order valence-corrected chi connectivity index (χ0v) is 11.3. The number of aromatic nitrogens is 1. The molecule has 1 heterocycles. The number of hydrogen-bond acceptors (Lipinski definition) is 6. The molecule has 0 radical (unpaired) electrons. The summed E-state index contributed by atoms with van der Waals surface area (Å²) in [4.78, 5) is 13.8. The normalized spacial score (nSPS) is 11.7. The number of hydrogen-bond donors (Lipinski definition) is 1. The third kappa shape index (κ3) is 3.67. The molecule has 0 aliphatic rings. The van der Waals surface area contributed by atoms with Crippen molar-refractivity contribution in [3.05, 3.63) is 58.3 Å². The number of benzene rings is 1. The molecule has 110 valence electrons.